The van der Waals surface area contributed by atoms with E-state index in [9.17, 15) is 4.79 Å². The normalized spacial score (nSPS) is 16.7. The standard InChI is InChI=1S/C32H35N7O2/c1-33-25-8-9-28-29(17-25)38-15-12-30(40)39(32(38)36-28)20-23-4-2-5-24(16-23)31-34-18-27(19-35-31)41-21-22-10-13-37(14-11-22)26-6-3-7-26/h2,4-5,8-9,12,15-19,22,26,33H,3,6-7,10-11,13-14,20-21H2,1H3. The summed E-state index contributed by atoms with van der Waals surface area (Å²) in [4.78, 5) is 29.5. The van der Waals surface area contributed by atoms with Gasteiger partial charge in [-0.3, -0.25) is 13.8 Å². The first-order valence-corrected chi connectivity index (χ1v) is 14.6. The van der Waals surface area contributed by atoms with Crippen molar-refractivity contribution in [1.29, 1.82) is 0 Å². The molecule has 41 heavy (non-hydrogen) atoms. The Labute approximate surface area is 238 Å². The molecule has 1 aliphatic carbocycles. The molecule has 1 N–H and O–H groups in total. The van der Waals surface area contributed by atoms with Crippen LogP contribution in [0.25, 0.3) is 28.2 Å². The van der Waals surface area contributed by atoms with Gasteiger partial charge in [0.15, 0.2) is 11.6 Å². The van der Waals surface area contributed by atoms with E-state index in [0.29, 0.717) is 29.8 Å². The number of piperidine rings is 1. The fraction of sp³-hybridized carbons (Fsp3) is 0.375. The number of ether oxygens (including phenoxy) is 1. The van der Waals surface area contributed by atoms with Gasteiger partial charge in [0, 0.05) is 36.6 Å². The summed E-state index contributed by atoms with van der Waals surface area (Å²) in [6.07, 6.45) is 11.9. The van der Waals surface area contributed by atoms with Gasteiger partial charge in [-0.1, -0.05) is 24.6 Å². The summed E-state index contributed by atoms with van der Waals surface area (Å²) >= 11 is 0. The monoisotopic (exact) mass is 549 g/mol. The van der Waals surface area contributed by atoms with E-state index in [0.717, 1.165) is 40.5 Å². The lowest BCUT2D eigenvalue weighted by Gasteiger charge is -2.41. The van der Waals surface area contributed by atoms with Gasteiger partial charge in [-0.25, -0.2) is 15.0 Å². The Balaban J connectivity index is 1.04. The number of hydrogen-bond acceptors (Lipinski definition) is 7. The van der Waals surface area contributed by atoms with Gasteiger partial charge >= 0.3 is 0 Å². The smallest absolute Gasteiger partial charge is 0.255 e. The number of aromatic nitrogens is 5. The van der Waals surface area contributed by atoms with E-state index in [1.54, 1.807) is 29.2 Å². The summed E-state index contributed by atoms with van der Waals surface area (Å²) in [5.74, 6) is 2.54. The average molecular weight is 550 g/mol. The fourth-order valence-corrected chi connectivity index (χ4v) is 6.03. The third-order valence-electron chi connectivity index (χ3n) is 8.71. The summed E-state index contributed by atoms with van der Waals surface area (Å²) in [5, 5.41) is 3.16. The Morgan fingerprint density at radius 2 is 1.83 bits per heavy atom. The maximum Gasteiger partial charge on any atom is 0.255 e. The Morgan fingerprint density at radius 1 is 1.00 bits per heavy atom. The molecule has 2 aromatic carbocycles. The molecule has 2 fully saturated rings. The van der Waals surface area contributed by atoms with Crippen LogP contribution in [0, 0.1) is 5.92 Å². The third-order valence-corrected chi connectivity index (χ3v) is 8.71. The molecule has 1 saturated heterocycles. The zero-order chi connectivity index (χ0) is 27.8. The summed E-state index contributed by atoms with van der Waals surface area (Å²) < 4.78 is 9.73. The van der Waals surface area contributed by atoms with Gasteiger partial charge in [0.1, 0.15) is 0 Å². The Hall–Kier alpha value is -4.24. The third kappa shape index (κ3) is 5.17. The number of imidazole rings is 1. The molecule has 210 valence electrons. The van der Waals surface area contributed by atoms with Crippen molar-refractivity contribution in [3.05, 3.63) is 83.0 Å². The Bertz CT molecular complexity index is 1730. The van der Waals surface area contributed by atoms with Crippen LogP contribution in [0.3, 0.4) is 0 Å². The van der Waals surface area contributed by atoms with E-state index in [-0.39, 0.29) is 5.56 Å². The molecule has 9 heteroatoms. The van der Waals surface area contributed by atoms with Crippen LogP contribution in [0.5, 0.6) is 5.75 Å². The van der Waals surface area contributed by atoms with Gasteiger partial charge < -0.3 is 15.0 Å². The second-order valence-corrected chi connectivity index (χ2v) is 11.3. The molecule has 0 spiro atoms. The SMILES string of the molecule is CNc1ccc2nc3n(Cc4cccc(-c5ncc(OCC6CCN(C7CCC7)CC6)cn5)c4)c(=O)ccn3c2c1. The van der Waals surface area contributed by atoms with Crippen molar-refractivity contribution in [2.45, 2.75) is 44.7 Å². The molecule has 7 rings (SSSR count). The molecule has 1 saturated carbocycles. The lowest BCUT2D eigenvalue weighted by Crippen LogP contribution is -2.45. The molecule has 0 atom stereocenters. The summed E-state index contributed by atoms with van der Waals surface area (Å²) in [7, 11) is 1.89. The van der Waals surface area contributed by atoms with Crippen LogP contribution >= 0.6 is 0 Å². The number of fused-ring (bicyclic) bond motifs is 3. The van der Waals surface area contributed by atoms with Crippen molar-refractivity contribution in [2.24, 2.45) is 5.92 Å². The minimum absolute atomic E-state index is 0.0986. The van der Waals surface area contributed by atoms with Crippen LogP contribution in [0.15, 0.2) is 71.9 Å². The molecular formula is C32H35N7O2. The topological polar surface area (TPSA) is 89.6 Å². The van der Waals surface area contributed by atoms with Crippen molar-refractivity contribution in [3.8, 4) is 17.1 Å². The highest BCUT2D eigenvalue weighted by Crippen LogP contribution is 2.29. The second-order valence-electron chi connectivity index (χ2n) is 11.3. The predicted molar refractivity (Wildman–Crippen MR) is 161 cm³/mol. The van der Waals surface area contributed by atoms with E-state index in [1.165, 1.54) is 45.2 Å². The zero-order valence-electron chi connectivity index (χ0n) is 23.4. The number of nitrogens with one attached hydrogen (secondary N) is 1. The second kappa shape index (κ2) is 11.0. The van der Waals surface area contributed by atoms with Crippen molar-refractivity contribution in [2.75, 3.05) is 32.1 Å². The molecule has 3 aromatic heterocycles. The van der Waals surface area contributed by atoms with E-state index in [1.807, 2.05) is 53.9 Å². The average Bonchev–Trinajstić information content (AvgIpc) is 3.36. The molecule has 9 nitrogen and oxygen atoms in total. The largest absolute Gasteiger partial charge is 0.490 e. The Morgan fingerprint density at radius 3 is 2.59 bits per heavy atom. The number of rotatable bonds is 8. The summed E-state index contributed by atoms with van der Waals surface area (Å²) in [5.41, 5.74) is 4.54. The van der Waals surface area contributed by atoms with Crippen molar-refractivity contribution < 1.29 is 4.74 Å². The minimum atomic E-state index is -0.0986. The van der Waals surface area contributed by atoms with Crippen LogP contribution in [0.4, 0.5) is 5.69 Å². The van der Waals surface area contributed by atoms with E-state index in [2.05, 4.69) is 20.2 Å². The first-order valence-electron chi connectivity index (χ1n) is 14.6. The minimum Gasteiger partial charge on any atom is -0.490 e. The van der Waals surface area contributed by atoms with Crippen molar-refractivity contribution >= 4 is 22.5 Å². The summed E-state index contributed by atoms with van der Waals surface area (Å²) in [6, 6.07) is 16.4. The highest BCUT2D eigenvalue weighted by molar-refractivity contribution is 5.83. The highest BCUT2D eigenvalue weighted by Gasteiger charge is 2.28. The molecular weight excluding hydrogens is 514 g/mol. The van der Waals surface area contributed by atoms with Crippen LogP contribution < -0.4 is 15.6 Å². The quantitative estimate of drug-likeness (QED) is 0.296. The van der Waals surface area contributed by atoms with E-state index in [4.69, 9.17) is 9.72 Å². The van der Waals surface area contributed by atoms with Crippen LogP contribution in [0.1, 0.15) is 37.7 Å². The first-order chi connectivity index (χ1) is 20.1. The highest BCUT2D eigenvalue weighted by atomic mass is 16.5. The van der Waals surface area contributed by atoms with Crippen LogP contribution in [-0.2, 0) is 6.54 Å². The van der Waals surface area contributed by atoms with E-state index < -0.39 is 0 Å². The first kappa shape index (κ1) is 25.7. The lowest BCUT2D eigenvalue weighted by molar-refractivity contribution is 0.0707. The van der Waals surface area contributed by atoms with Gasteiger partial charge in [0.25, 0.3) is 5.56 Å². The maximum absolute atomic E-state index is 12.9. The van der Waals surface area contributed by atoms with Crippen molar-refractivity contribution in [1.82, 2.24) is 28.8 Å². The fourth-order valence-electron chi connectivity index (χ4n) is 6.03. The molecule has 4 heterocycles. The van der Waals surface area contributed by atoms with Gasteiger partial charge in [0.05, 0.1) is 36.6 Å². The molecule has 1 aliphatic heterocycles. The van der Waals surface area contributed by atoms with Gasteiger partial charge in [-0.15, -0.1) is 0 Å². The number of nitrogens with zero attached hydrogens (tertiary/aromatic N) is 6. The molecule has 2 aliphatic rings. The Kier molecular flexibility index (Phi) is 6.88. The number of hydrogen-bond donors (Lipinski definition) is 1. The molecule has 0 amide bonds. The number of benzene rings is 2. The zero-order valence-corrected chi connectivity index (χ0v) is 23.4. The maximum atomic E-state index is 12.9. The molecule has 0 bridgehead atoms. The van der Waals surface area contributed by atoms with E-state index >= 15 is 0 Å². The summed E-state index contributed by atoms with van der Waals surface area (Å²) in [6.45, 7) is 3.49. The van der Waals surface area contributed by atoms with Crippen molar-refractivity contribution in [3.63, 3.8) is 0 Å². The van der Waals surface area contributed by atoms with Crippen LogP contribution in [0.2, 0.25) is 0 Å². The predicted octanol–water partition coefficient (Wildman–Crippen LogP) is 4.84. The van der Waals surface area contributed by atoms with Crippen LogP contribution in [-0.4, -0.2) is 61.6 Å². The van der Waals surface area contributed by atoms with Gasteiger partial charge in [0.2, 0.25) is 5.78 Å². The molecule has 0 radical (unpaired) electrons. The van der Waals surface area contributed by atoms with Gasteiger partial charge in [-0.05, 0) is 74.5 Å². The lowest BCUT2D eigenvalue weighted by atomic mass is 9.88. The van der Waals surface area contributed by atoms with Gasteiger partial charge in [-0.2, -0.15) is 0 Å². The molecule has 0 unspecified atom stereocenters. The molecule has 5 aromatic rings. The number of anilines is 1. The number of likely N-dealkylation sites (tertiary alicyclic amines) is 1.